The molecule has 1 aromatic heterocycles. The number of hydrogen-bond donors (Lipinski definition) is 2. The molecule has 4 nitrogen and oxygen atoms in total. The highest BCUT2D eigenvalue weighted by Gasteiger charge is 2.02. The second-order valence-electron chi connectivity index (χ2n) is 2.91. The zero-order valence-corrected chi connectivity index (χ0v) is 9.84. The van der Waals surface area contributed by atoms with Crippen LogP contribution in [0.25, 0.3) is 0 Å². The van der Waals surface area contributed by atoms with Gasteiger partial charge in [-0.1, -0.05) is 6.92 Å². The zero-order valence-electron chi connectivity index (χ0n) is 8.26. The normalized spacial score (nSPS) is 10.2. The lowest BCUT2D eigenvalue weighted by atomic mass is 10.4. The maximum atomic E-state index is 5.40. The summed E-state index contributed by atoms with van der Waals surface area (Å²) in [5.74, 6) is 1.70. The van der Waals surface area contributed by atoms with E-state index in [1.54, 1.807) is 6.20 Å². The highest BCUT2D eigenvalue weighted by atomic mass is 79.9. The molecule has 5 heteroatoms. The first kappa shape index (κ1) is 11.4. The summed E-state index contributed by atoms with van der Waals surface area (Å²) in [6, 6.07) is 0. The molecule has 0 aliphatic carbocycles. The Balaban J connectivity index is 2.64. The van der Waals surface area contributed by atoms with Crippen LogP contribution in [0.3, 0.4) is 0 Å². The lowest BCUT2D eigenvalue weighted by Gasteiger charge is -2.07. The summed E-state index contributed by atoms with van der Waals surface area (Å²) in [5, 5.41) is 3.21. The Morgan fingerprint density at radius 1 is 1.57 bits per heavy atom. The summed E-state index contributed by atoms with van der Waals surface area (Å²) >= 11 is 3.39. The Morgan fingerprint density at radius 2 is 2.36 bits per heavy atom. The molecule has 1 heterocycles. The van der Waals surface area contributed by atoms with E-state index in [9.17, 15) is 0 Å². The van der Waals surface area contributed by atoms with Crippen molar-refractivity contribution in [2.75, 3.05) is 18.4 Å². The summed E-state index contributed by atoms with van der Waals surface area (Å²) in [6.07, 6.45) is 3.56. The summed E-state index contributed by atoms with van der Waals surface area (Å²) in [7, 11) is 0. The summed E-state index contributed by atoms with van der Waals surface area (Å²) in [5.41, 5.74) is 5.40. The zero-order chi connectivity index (χ0) is 10.4. The van der Waals surface area contributed by atoms with Crippen LogP contribution in [0.4, 0.5) is 5.82 Å². The first-order chi connectivity index (χ1) is 6.77. The van der Waals surface area contributed by atoms with E-state index in [2.05, 4.69) is 31.2 Å². The minimum Gasteiger partial charge on any atom is -0.369 e. The van der Waals surface area contributed by atoms with E-state index < -0.39 is 0 Å². The van der Waals surface area contributed by atoms with Crippen molar-refractivity contribution in [3.05, 3.63) is 16.5 Å². The van der Waals surface area contributed by atoms with Crippen LogP contribution in [0.2, 0.25) is 0 Å². The molecule has 0 atom stereocenters. The molecule has 0 saturated heterocycles. The van der Waals surface area contributed by atoms with E-state index in [4.69, 9.17) is 5.73 Å². The van der Waals surface area contributed by atoms with Gasteiger partial charge in [-0.3, -0.25) is 0 Å². The minimum atomic E-state index is 0.691. The highest BCUT2D eigenvalue weighted by Crippen LogP contribution is 2.18. The summed E-state index contributed by atoms with van der Waals surface area (Å²) in [4.78, 5) is 8.52. The molecule has 1 rings (SSSR count). The van der Waals surface area contributed by atoms with Gasteiger partial charge in [-0.15, -0.1) is 0 Å². The van der Waals surface area contributed by atoms with Gasteiger partial charge in [-0.25, -0.2) is 9.97 Å². The SMILES string of the molecule is CCc1ncc(Br)c(NCCCN)n1. The van der Waals surface area contributed by atoms with E-state index in [-0.39, 0.29) is 0 Å². The second kappa shape index (κ2) is 5.93. The monoisotopic (exact) mass is 258 g/mol. The highest BCUT2D eigenvalue weighted by molar-refractivity contribution is 9.10. The maximum Gasteiger partial charge on any atom is 0.144 e. The lowest BCUT2D eigenvalue weighted by Crippen LogP contribution is -2.10. The number of nitrogens with two attached hydrogens (primary N) is 1. The molecule has 14 heavy (non-hydrogen) atoms. The molecule has 3 N–H and O–H groups in total. The van der Waals surface area contributed by atoms with Crippen molar-refractivity contribution in [3.63, 3.8) is 0 Å². The number of aryl methyl sites for hydroxylation is 1. The number of rotatable bonds is 5. The molecule has 0 saturated carbocycles. The Hall–Kier alpha value is -0.680. The molecule has 0 fully saturated rings. The lowest BCUT2D eigenvalue weighted by molar-refractivity contribution is 0.859. The van der Waals surface area contributed by atoms with Gasteiger partial charge in [-0.2, -0.15) is 0 Å². The van der Waals surface area contributed by atoms with Gasteiger partial charge in [0.2, 0.25) is 0 Å². The van der Waals surface area contributed by atoms with Crippen LogP contribution < -0.4 is 11.1 Å². The quantitative estimate of drug-likeness (QED) is 0.788. The molecular formula is C9H15BrN4. The standard InChI is InChI=1S/C9H15BrN4/c1-2-8-13-6-7(10)9(14-8)12-5-3-4-11/h6H,2-5,11H2,1H3,(H,12,13,14). The van der Waals surface area contributed by atoms with Crippen molar-refractivity contribution in [1.82, 2.24) is 9.97 Å². The molecule has 0 spiro atoms. The van der Waals surface area contributed by atoms with Crippen LogP contribution in [-0.4, -0.2) is 23.1 Å². The van der Waals surface area contributed by atoms with Crippen molar-refractivity contribution in [3.8, 4) is 0 Å². The van der Waals surface area contributed by atoms with Crippen molar-refractivity contribution in [1.29, 1.82) is 0 Å². The average molecular weight is 259 g/mol. The van der Waals surface area contributed by atoms with Gasteiger partial charge in [0.1, 0.15) is 11.6 Å². The van der Waals surface area contributed by atoms with Gasteiger partial charge in [0.15, 0.2) is 0 Å². The maximum absolute atomic E-state index is 5.40. The molecule has 0 unspecified atom stereocenters. The predicted octanol–water partition coefficient (Wildman–Crippen LogP) is 1.56. The van der Waals surface area contributed by atoms with Gasteiger partial charge >= 0.3 is 0 Å². The number of anilines is 1. The van der Waals surface area contributed by atoms with Crippen LogP contribution in [0.1, 0.15) is 19.2 Å². The minimum absolute atomic E-state index is 0.691. The number of nitrogens with one attached hydrogen (secondary N) is 1. The Bertz CT molecular complexity index is 290. The predicted molar refractivity (Wildman–Crippen MR) is 61.3 cm³/mol. The Morgan fingerprint density at radius 3 is 3.00 bits per heavy atom. The molecule has 1 aromatic rings. The molecule has 0 aromatic carbocycles. The van der Waals surface area contributed by atoms with Gasteiger partial charge in [0, 0.05) is 19.2 Å². The van der Waals surface area contributed by atoms with E-state index >= 15 is 0 Å². The second-order valence-corrected chi connectivity index (χ2v) is 3.76. The topological polar surface area (TPSA) is 63.8 Å². The summed E-state index contributed by atoms with van der Waals surface area (Å²) in [6.45, 7) is 3.57. The van der Waals surface area contributed by atoms with Crippen molar-refractivity contribution in [2.45, 2.75) is 19.8 Å². The van der Waals surface area contributed by atoms with E-state index in [1.165, 1.54) is 0 Å². The smallest absolute Gasteiger partial charge is 0.144 e. The number of aromatic nitrogens is 2. The first-order valence-corrected chi connectivity index (χ1v) is 5.52. The Labute approximate surface area is 92.5 Å². The fraction of sp³-hybridized carbons (Fsp3) is 0.556. The third kappa shape index (κ3) is 3.23. The number of nitrogens with zero attached hydrogens (tertiary/aromatic N) is 2. The van der Waals surface area contributed by atoms with Crippen LogP contribution >= 0.6 is 15.9 Å². The van der Waals surface area contributed by atoms with Crippen LogP contribution in [0, 0.1) is 0 Å². The third-order valence-corrected chi connectivity index (χ3v) is 2.36. The molecule has 0 bridgehead atoms. The number of hydrogen-bond acceptors (Lipinski definition) is 4. The Kier molecular flexibility index (Phi) is 4.82. The van der Waals surface area contributed by atoms with E-state index in [0.717, 1.165) is 35.5 Å². The third-order valence-electron chi connectivity index (χ3n) is 1.78. The largest absolute Gasteiger partial charge is 0.369 e. The van der Waals surface area contributed by atoms with E-state index in [0.29, 0.717) is 6.54 Å². The average Bonchev–Trinajstić information content (AvgIpc) is 2.21. The van der Waals surface area contributed by atoms with Gasteiger partial charge in [-0.05, 0) is 28.9 Å². The van der Waals surface area contributed by atoms with Crippen LogP contribution in [-0.2, 0) is 6.42 Å². The fourth-order valence-corrected chi connectivity index (χ4v) is 1.34. The fourth-order valence-electron chi connectivity index (χ4n) is 1.01. The summed E-state index contributed by atoms with van der Waals surface area (Å²) < 4.78 is 0.895. The van der Waals surface area contributed by atoms with Crippen molar-refractivity contribution in [2.24, 2.45) is 5.73 Å². The van der Waals surface area contributed by atoms with Crippen molar-refractivity contribution < 1.29 is 0 Å². The van der Waals surface area contributed by atoms with Gasteiger partial charge < -0.3 is 11.1 Å². The first-order valence-electron chi connectivity index (χ1n) is 4.73. The molecule has 0 aliphatic rings. The van der Waals surface area contributed by atoms with Crippen molar-refractivity contribution >= 4 is 21.7 Å². The van der Waals surface area contributed by atoms with Crippen LogP contribution in [0.5, 0.6) is 0 Å². The molecule has 78 valence electrons. The molecular weight excluding hydrogens is 244 g/mol. The van der Waals surface area contributed by atoms with Crippen LogP contribution in [0.15, 0.2) is 10.7 Å². The molecule has 0 amide bonds. The van der Waals surface area contributed by atoms with E-state index in [1.807, 2.05) is 6.92 Å². The molecule has 0 aliphatic heterocycles. The molecule has 0 radical (unpaired) electrons. The van der Waals surface area contributed by atoms with Gasteiger partial charge in [0.05, 0.1) is 4.47 Å². The van der Waals surface area contributed by atoms with Gasteiger partial charge in [0.25, 0.3) is 0 Å². The number of halogens is 1.